The van der Waals surface area contributed by atoms with Crippen LogP contribution in [0.25, 0.3) is 0 Å². The molecule has 1 spiro atoms. The summed E-state index contributed by atoms with van der Waals surface area (Å²) in [7, 11) is 1.79. The molecule has 2 aromatic heterocycles. The van der Waals surface area contributed by atoms with Gasteiger partial charge >= 0.3 is 12.1 Å². The van der Waals surface area contributed by atoms with Crippen LogP contribution in [0.1, 0.15) is 34.0 Å². The first-order chi connectivity index (χ1) is 15.5. The van der Waals surface area contributed by atoms with Crippen molar-refractivity contribution in [1.82, 2.24) is 19.7 Å². The number of aromatic nitrogens is 3. The van der Waals surface area contributed by atoms with E-state index in [0.29, 0.717) is 37.9 Å². The lowest BCUT2D eigenvalue weighted by atomic mass is 9.79. The number of ether oxygens (including phenoxy) is 2. The zero-order chi connectivity index (χ0) is 24.2. The smallest absolute Gasteiger partial charge is 0.475 e. The van der Waals surface area contributed by atoms with E-state index in [-0.39, 0.29) is 11.5 Å². The van der Waals surface area contributed by atoms with Gasteiger partial charge in [-0.3, -0.25) is 9.48 Å². The number of carbonyl (C=O) groups is 2. The number of carboxylic acid groups (broad SMARTS) is 1. The van der Waals surface area contributed by atoms with Crippen LogP contribution < -0.4 is 0 Å². The quantitative estimate of drug-likeness (QED) is 0.621. The standard InChI is InChI=1S/C18H24N4O3S.C2HF3O2/c1-13-20-15(10-26-13)9-24-7-4-14-5-8-25-18(14)11-22(12-18)17(23)16-3-6-19-21(16)2;3-2(4,5)1(6)7/h3,6,10,14H,4-5,7-9,11-12H2,1-2H3;(H,6,7). The lowest BCUT2D eigenvalue weighted by Gasteiger charge is -2.50. The maximum absolute atomic E-state index is 12.6. The van der Waals surface area contributed by atoms with E-state index >= 15 is 0 Å². The summed E-state index contributed by atoms with van der Waals surface area (Å²) in [6, 6.07) is 1.76. The minimum Gasteiger partial charge on any atom is -0.475 e. The first-order valence-electron chi connectivity index (χ1n) is 10.2. The Morgan fingerprint density at radius 2 is 2.09 bits per heavy atom. The molecule has 0 radical (unpaired) electrons. The Kier molecular flexibility index (Phi) is 7.75. The topological polar surface area (TPSA) is 107 Å². The van der Waals surface area contributed by atoms with Crippen LogP contribution in [0, 0.1) is 12.8 Å². The SMILES string of the molecule is Cc1nc(COCCC2CCOC23CN(C(=O)c2ccnn2C)C3)cs1.O=C(O)C(F)(F)F. The normalized spacial score (nSPS) is 19.2. The maximum Gasteiger partial charge on any atom is 0.490 e. The van der Waals surface area contributed by atoms with E-state index in [4.69, 9.17) is 19.4 Å². The summed E-state index contributed by atoms with van der Waals surface area (Å²) in [5.74, 6) is -2.29. The number of hydrogen-bond acceptors (Lipinski definition) is 7. The highest BCUT2D eigenvalue weighted by atomic mass is 32.1. The minimum atomic E-state index is -5.08. The molecule has 4 heterocycles. The van der Waals surface area contributed by atoms with Gasteiger partial charge < -0.3 is 19.5 Å². The number of hydrogen-bond donors (Lipinski definition) is 1. The summed E-state index contributed by atoms with van der Waals surface area (Å²) >= 11 is 1.65. The monoisotopic (exact) mass is 490 g/mol. The zero-order valence-corrected chi connectivity index (χ0v) is 19.0. The summed E-state index contributed by atoms with van der Waals surface area (Å²) in [5.41, 5.74) is 1.44. The number of aliphatic carboxylic acids is 1. The second-order valence-corrected chi connectivity index (χ2v) is 8.96. The fraction of sp³-hybridized carbons (Fsp3) is 0.600. The molecule has 13 heteroatoms. The van der Waals surface area contributed by atoms with Gasteiger partial charge in [0, 0.05) is 31.8 Å². The summed E-state index contributed by atoms with van der Waals surface area (Å²) in [6.07, 6.45) is -1.44. The Morgan fingerprint density at radius 3 is 2.64 bits per heavy atom. The van der Waals surface area contributed by atoms with Crippen LogP contribution in [0.5, 0.6) is 0 Å². The average molecular weight is 491 g/mol. The minimum absolute atomic E-state index is 0.0278. The lowest BCUT2D eigenvalue weighted by Crippen LogP contribution is -2.66. The zero-order valence-electron chi connectivity index (χ0n) is 18.2. The van der Waals surface area contributed by atoms with Crippen molar-refractivity contribution in [2.45, 2.75) is 38.1 Å². The number of halogens is 3. The molecule has 182 valence electrons. The van der Waals surface area contributed by atoms with Gasteiger partial charge in [0.2, 0.25) is 0 Å². The molecule has 0 bridgehead atoms. The maximum atomic E-state index is 12.6. The van der Waals surface area contributed by atoms with Crippen LogP contribution in [0.3, 0.4) is 0 Å². The van der Waals surface area contributed by atoms with Crippen molar-refractivity contribution in [2.75, 3.05) is 26.3 Å². The van der Waals surface area contributed by atoms with Crippen LogP contribution in [0.15, 0.2) is 17.6 Å². The number of carbonyl (C=O) groups excluding carboxylic acids is 1. The summed E-state index contributed by atoms with van der Waals surface area (Å²) in [5, 5.41) is 14.3. The predicted molar refractivity (Wildman–Crippen MR) is 111 cm³/mol. The van der Waals surface area contributed by atoms with Crippen LogP contribution in [-0.4, -0.2) is 74.7 Å². The number of nitrogens with zero attached hydrogens (tertiary/aromatic N) is 4. The van der Waals surface area contributed by atoms with Gasteiger partial charge in [-0.05, 0) is 31.7 Å². The van der Waals surface area contributed by atoms with Gasteiger partial charge in [-0.15, -0.1) is 11.3 Å². The second-order valence-electron chi connectivity index (χ2n) is 7.90. The molecule has 33 heavy (non-hydrogen) atoms. The number of likely N-dealkylation sites (tertiary alicyclic amines) is 1. The van der Waals surface area contributed by atoms with E-state index in [9.17, 15) is 18.0 Å². The number of amides is 1. The molecular formula is C20H25F3N4O5S. The van der Waals surface area contributed by atoms with E-state index in [2.05, 4.69) is 10.1 Å². The van der Waals surface area contributed by atoms with Crippen LogP contribution in [-0.2, 0) is 27.9 Å². The lowest BCUT2D eigenvalue weighted by molar-refractivity contribution is -0.192. The Labute approximate surface area is 192 Å². The Hall–Kier alpha value is -2.51. The average Bonchev–Trinajstić information content (AvgIpc) is 3.43. The Balaban J connectivity index is 0.000000383. The van der Waals surface area contributed by atoms with Gasteiger partial charge in [-0.25, -0.2) is 9.78 Å². The number of thiazole rings is 1. The molecule has 2 fully saturated rings. The van der Waals surface area contributed by atoms with Gasteiger partial charge in [-0.1, -0.05) is 0 Å². The highest BCUT2D eigenvalue weighted by Crippen LogP contribution is 2.42. The van der Waals surface area contributed by atoms with Crippen LogP contribution in [0.2, 0.25) is 0 Å². The number of alkyl halides is 3. The largest absolute Gasteiger partial charge is 0.490 e. The van der Waals surface area contributed by atoms with Gasteiger partial charge in [0.15, 0.2) is 0 Å². The van der Waals surface area contributed by atoms with Crippen molar-refractivity contribution >= 4 is 23.2 Å². The molecule has 1 N–H and O–H groups in total. The van der Waals surface area contributed by atoms with E-state index in [1.165, 1.54) is 0 Å². The number of rotatable bonds is 6. The van der Waals surface area contributed by atoms with Crippen molar-refractivity contribution < 1.29 is 37.3 Å². The molecule has 2 aromatic rings. The summed E-state index contributed by atoms with van der Waals surface area (Å²) in [6.45, 7) is 5.35. The molecule has 2 aliphatic rings. The fourth-order valence-corrected chi connectivity index (χ4v) is 4.51. The highest BCUT2D eigenvalue weighted by molar-refractivity contribution is 7.09. The molecule has 9 nitrogen and oxygen atoms in total. The summed E-state index contributed by atoms with van der Waals surface area (Å²) < 4.78 is 45.2. The van der Waals surface area contributed by atoms with Crippen molar-refractivity contribution in [3.8, 4) is 0 Å². The second kappa shape index (κ2) is 10.2. The molecular weight excluding hydrogens is 465 g/mol. The molecule has 1 amide bonds. The van der Waals surface area contributed by atoms with E-state index in [0.717, 1.165) is 30.2 Å². The predicted octanol–water partition coefficient (Wildman–Crippen LogP) is 2.66. The van der Waals surface area contributed by atoms with Crippen molar-refractivity contribution in [3.63, 3.8) is 0 Å². The van der Waals surface area contributed by atoms with Gasteiger partial charge in [0.05, 0.1) is 30.4 Å². The van der Waals surface area contributed by atoms with Gasteiger partial charge in [0.25, 0.3) is 5.91 Å². The van der Waals surface area contributed by atoms with E-state index in [1.807, 2.05) is 17.2 Å². The van der Waals surface area contributed by atoms with Crippen molar-refractivity contribution in [1.29, 1.82) is 0 Å². The molecule has 0 aromatic carbocycles. The van der Waals surface area contributed by atoms with Gasteiger partial charge in [-0.2, -0.15) is 18.3 Å². The first kappa shape index (κ1) is 25.1. The fourth-order valence-electron chi connectivity index (χ4n) is 3.91. The van der Waals surface area contributed by atoms with Gasteiger partial charge in [0.1, 0.15) is 11.3 Å². The molecule has 0 aliphatic carbocycles. The van der Waals surface area contributed by atoms with Crippen molar-refractivity contribution in [2.24, 2.45) is 13.0 Å². The molecule has 2 saturated heterocycles. The van der Waals surface area contributed by atoms with E-state index in [1.54, 1.807) is 35.3 Å². The number of aryl methyl sites for hydroxylation is 2. The Morgan fingerprint density at radius 1 is 1.39 bits per heavy atom. The summed E-state index contributed by atoms with van der Waals surface area (Å²) in [4.78, 5) is 27.7. The number of carboxylic acids is 1. The highest BCUT2D eigenvalue weighted by Gasteiger charge is 2.54. The first-order valence-corrected chi connectivity index (χ1v) is 11.1. The van der Waals surface area contributed by atoms with Crippen LogP contribution >= 0.6 is 11.3 Å². The van der Waals surface area contributed by atoms with Crippen LogP contribution in [0.4, 0.5) is 13.2 Å². The molecule has 2 aliphatic heterocycles. The molecule has 4 rings (SSSR count). The van der Waals surface area contributed by atoms with Crippen molar-refractivity contribution in [3.05, 3.63) is 34.0 Å². The Bertz CT molecular complexity index is 971. The molecule has 1 atom stereocenters. The van der Waals surface area contributed by atoms with E-state index < -0.39 is 12.1 Å². The third kappa shape index (κ3) is 6.09. The molecule has 0 saturated carbocycles. The molecule has 1 unspecified atom stereocenters. The third-order valence-corrected chi connectivity index (χ3v) is 6.44. The third-order valence-electron chi connectivity index (χ3n) is 5.61.